The zero-order valence-corrected chi connectivity index (χ0v) is 5.31. The van der Waals surface area contributed by atoms with Crippen molar-refractivity contribution in [3.63, 3.8) is 0 Å². The zero-order chi connectivity index (χ0) is 5.82. The molecule has 1 aromatic rings. The Morgan fingerprint density at radius 1 is 1.12 bits per heavy atom. The smallest absolute Gasteiger partial charge is 0.0866 e. The fourth-order valence-electron chi connectivity index (χ4n) is 0.539. The lowest BCUT2D eigenvalue weighted by Crippen LogP contribution is -1.68. The van der Waals surface area contributed by atoms with E-state index < -0.39 is 0 Å². The summed E-state index contributed by atoms with van der Waals surface area (Å²) < 4.78 is 0. The van der Waals surface area contributed by atoms with E-state index in [1.54, 1.807) is 5.75 Å². The van der Waals surface area contributed by atoms with Crippen LogP contribution >= 0.6 is 12.6 Å². The molecule has 1 heteroatoms. The Bertz CT molecular complexity index is 146. The lowest BCUT2D eigenvalue weighted by molar-refractivity contribution is 1.60. The number of rotatable bonds is 1. The standard InChI is InChI=1S/C7H7S/c8-6-7-4-2-1-3-5-7/h1-6,8H/q-1. The Balaban J connectivity index is 2.83. The molecule has 0 saturated heterocycles. The molecular formula is C7H7S-. The average molecular weight is 123 g/mol. The van der Waals surface area contributed by atoms with Crippen molar-refractivity contribution in [2.75, 3.05) is 0 Å². The van der Waals surface area contributed by atoms with E-state index in [9.17, 15) is 0 Å². The van der Waals surface area contributed by atoms with Crippen LogP contribution in [0, 0.1) is 5.75 Å². The topological polar surface area (TPSA) is 0 Å². The Morgan fingerprint density at radius 2 is 1.75 bits per heavy atom. The fraction of sp³-hybridized carbons (Fsp3) is 0. The normalized spacial score (nSPS) is 8.62. The molecule has 0 radical (unpaired) electrons. The van der Waals surface area contributed by atoms with E-state index in [0.29, 0.717) is 0 Å². The van der Waals surface area contributed by atoms with Gasteiger partial charge in [-0.15, -0.1) is 17.9 Å². The Morgan fingerprint density at radius 3 is 2.12 bits per heavy atom. The first kappa shape index (κ1) is 5.57. The summed E-state index contributed by atoms with van der Waals surface area (Å²) in [7, 11) is 0. The van der Waals surface area contributed by atoms with Gasteiger partial charge in [0.2, 0.25) is 0 Å². The van der Waals surface area contributed by atoms with Crippen LogP contribution in [0.5, 0.6) is 0 Å². The summed E-state index contributed by atoms with van der Waals surface area (Å²) in [6.45, 7) is 0. The fourth-order valence-corrected chi connectivity index (χ4v) is 0.711. The minimum atomic E-state index is 1.15. The number of hydrogen-bond donors (Lipinski definition) is 1. The summed E-state index contributed by atoms with van der Waals surface area (Å²) in [6.07, 6.45) is 0. The lowest BCUT2D eigenvalue weighted by atomic mass is 10.2. The van der Waals surface area contributed by atoms with Crippen LogP contribution in [0.1, 0.15) is 5.56 Å². The van der Waals surface area contributed by atoms with Crippen molar-refractivity contribution >= 4 is 12.6 Å². The molecule has 1 rings (SSSR count). The molecule has 0 heterocycles. The van der Waals surface area contributed by atoms with Gasteiger partial charge in [0.1, 0.15) is 0 Å². The molecule has 42 valence electrons. The van der Waals surface area contributed by atoms with Gasteiger partial charge >= 0.3 is 0 Å². The highest BCUT2D eigenvalue weighted by atomic mass is 32.1. The first-order valence-corrected chi connectivity index (χ1v) is 2.97. The van der Waals surface area contributed by atoms with Crippen molar-refractivity contribution in [1.29, 1.82) is 0 Å². The molecule has 0 fully saturated rings. The summed E-state index contributed by atoms with van der Waals surface area (Å²) in [5.74, 6) is 1.78. The van der Waals surface area contributed by atoms with Crippen molar-refractivity contribution in [2.45, 2.75) is 0 Å². The largest absolute Gasteiger partial charge is 0.220 e. The summed E-state index contributed by atoms with van der Waals surface area (Å²) in [4.78, 5) is 0. The van der Waals surface area contributed by atoms with E-state index in [4.69, 9.17) is 0 Å². The molecule has 0 bridgehead atoms. The molecular weight excluding hydrogens is 116 g/mol. The van der Waals surface area contributed by atoms with Gasteiger partial charge in [-0.3, -0.25) is 0 Å². The van der Waals surface area contributed by atoms with Crippen LogP contribution in [-0.4, -0.2) is 0 Å². The minimum Gasteiger partial charge on any atom is -0.220 e. The van der Waals surface area contributed by atoms with E-state index in [0.717, 1.165) is 5.56 Å². The highest BCUT2D eigenvalue weighted by Gasteiger charge is 1.69. The SMILES string of the molecule is S[CH-]c1ccccc1. The molecule has 0 unspecified atom stereocenters. The molecule has 0 aliphatic heterocycles. The van der Waals surface area contributed by atoms with Gasteiger partial charge in [0.15, 0.2) is 0 Å². The molecule has 0 atom stereocenters. The van der Waals surface area contributed by atoms with E-state index in [2.05, 4.69) is 12.6 Å². The van der Waals surface area contributed by atoms with Crippen LogP contribution in [0.3, 0.4) is 0 Å². The first-order chi connectivity index (χ1) is 3.93. The predicted molar refractivity (Wildman–Crippen MR) is 38.8 cm³/mol. The number of hydrogen-bond acceptors (Lipinski definition) is 1. The van der Waals surface area contributed by atoms with E-state index >= 15 is 0 Å². The van der Waals surface area contributed by atoms with Crippen molar-refractivity contribution < 1.29 is 0 Å². The van der Waals surface area contributed by atoms with Crippen LogP contribution in [0.25, 0.3) is 0 Å². The third-order valence-electron chi connectivity index (χ3n) is 0.949. The maximum atomic E-state index is 3.99. The average Bonchev–Trinajstić information content (AvgIpc) is 1.90. The van der Waals surface area contributed by atoms with Crippen molar-refractivity contribution in [3.8, 4) is 0 Å². The van der Waals surface area contributed by atoms with E-state index in [-0.39, 0.29) is 0 Å². The highest BCUT2D eigenvalue weighted by molar-refractivity contribution is 7.82. The number of benzene rings is 1. The molecule has 0 aliphatic carbocycles. The third kappa shape index (κ3) is 1.20. The highest BCUT2D eigenvalue weighted by Crippen LogP contribution is 2.02. The Labute approximate surface area is 55.0 Å². The van der Waals surface area contributed by atoms with Crippen LogP contribution < -0.4 is 0 Å². The van der Waals surface area contributed by atoms with Crippen LogP contribution in [-0.2, 0) is 0 Å². The molecule has 0 spiro atoms. The second kappa shape index (κ2) is 2.68. The first-order valence-electron chi connectivity index (χ1n) is 2.46. The van der Waals surface area contributed by atoms with Crippen LogP contribution in [0.2, 0.25) is 0 Å². The van der Waals surface area contributed by atoms with Gasteiger partial charge < -0.3 is 0 Å². The van der Waals surface area contributed by atoms with Crippen molar-refractivity contribution in [1.82, 2.24) is 0 Å². The van der Waals surface area contributed by atoms with Gasteiger partial charge in [-0.05, 0) is 0 Å². The molecule has 8 heavy (non-hydrogen) atoms. The molecule has 0 aliphatic rings. The molecule has 0 saturated carbocycles. The van der Waals surface area contributed by atoms with Gasteiger partial charge in [-0.2, -0.15) is 17.7 Å². The van der Waals surface area contributed by atoms with Gasteiger partial charge in [0.25, 0.3) is 0 Å². The van der Waals surface area contributed by atoms with Gasteiger partial charge in [-0.25, -0.2) is 12.6 Å². The Kier molecular flexibility index (Phi) is 1.86. The minimum absolute atomic E-state index is 1.15. The predicted octanol–water partition coefficient (Wildman–Crippen LogP) is 2.13. The van der Waals surface area contributed by atoms with Crippen molar-refractivity contribution in [3.05, 3.63) is 41.6 Å². The number of thiol groups is 1. The second-order valence-electron chi connectivity index (χ2n) is 1.54. The van der Waals surface area contributed by atoms with Gasteiger partial charge in [0, 0.05) is 0 Å². The molecule has 0 nitrogen and oxygen atoms in total. The van der Waals surface area contributed by atoms with Crippen molar-refractivity contribution in [2.24, 2.45) is 0 Å². The zero-order valence-electron chi connectivity index (χ0n) is 4.41. The quantitative estimate of drug-likeness (QED) is 0.429. The summed E-state index contributed by atoms with van der Waals surface area (Å²) in [5.41, 5.74) is 1.15. The molecule has 0 aromatic heterocycles. The molecule has 1 aromatic carbocycles. The summed E-state index contributed by atoms with van der Waals surface area (Å²) in [5, 5.41) is 0. The molecule has 0 amide bonds. The van der Waals surface area contributed by atoms with Gasteiger partial charge in [0.05, 0.1) is 0 Å². The Hall–Kier alpha value is -0.560. The van der Waals surface area contributed by atoms with E-state index in [1.165, 1.54) is 0 Å². The van der Waals surface area contributed by atoms with Gasteiger partial charge in [-0.1, -0.05) is 6.07 Å². The van der Waals surface area contributed by atoms with Crippen LogP contribution in [0.15, 0.2) is 30.3 Å². The second-order valence-corrected chi connectivity index (χ2v) is 1.80. The summed E-state index contributed by atoms with van der Waals surface area (Å²) in [6, 6.07) is 9.98. The third-order valence-corrected chi connectivity index (χ3v) is 1.25. The van der Waals surface area contributed by atoms with Crippen LogP contribution in [0.4, 0.5) is 0 Å². The summed E-state index contributed by atoms with van der Waals surface area (Å²) >= 11 is 3.99. The maximum absolute atomic E-state index is 3.99. The monoisotopic (exact) mass is 123 g/mol. The van der Waals surface area contributed by atoms with E-state index in [1.807, 2.05) is 30.3 Å². The molecule has 0 N–H and O–H groups in total. The maximum Gasteiger partial charge on any atom is -0.0866 e. The lowest BCUT2D eigenvalue weighted by Gasteiger charge is -2.00.